The lowest BCUT2D eigenvalue weighted by Gasteiger charge is -2.31. The van der Waals surface area contributed by atoms with Crippen LogP contribution in [-0.2, 0) is 9.53 Å². The number of anilines is 2. The van der Waals surface area contributed by atoms with Gasteiger partial charge in [-0.05, 0) is 31.2 Å². The van der Waals surface area contributed by atoms with Crippen LogP contribution in [0.2, 0.25) is 0 Å². The molecule has 0 bridgehead atoms. The highest BCUT2D eigenvalue weighted by atomic mass is 19.4. The van der Waals surface area contributed by atoms with Gasteiger partial charge in [-0.3, -0.25) is 9.59 Å². The number of benzene rings is 1. The molecule has 34 heavy (non-hydrogen) atoms. The highest BCUT2D eigenvalue weighted by molar-refractivity contribution is 5.99. The van der Waals surface area contributed by atoms with Gasteiger partial charge in [0.25, 0.3) is 5.91 Å². The Hall–Kier alpha value is -3.48. The van der Waals surface area contributed by atoms with E-state index in [-0.39, 0.29) is 17.1 Å². The number of nitrogens with zero attached hydrogens (tertiary/aromatic N) is 2. The number of nitrogens with two attached hydrogens (primary N) is 1. The number of carbonyl (C=O) groups is 2. The van der Waals surface area contributed by atoms with Crippen LogP contribution in [0.3, 0.4) is 0 Å². The van der Waals surface area contributed by atoms with E-state index in [4.69, 9.17) is 15.2 Å². The second-order valence-electron chi connectivity index (χ2n) is 7.69. The molecule has 8 nitrogen and oxygen atoms in total. The number of alkyl halides is 3. The fourth-order valence-corrected chi connectivity index (χ4v) is 3.86. The molecule has 1 fully saturated rings. The third-order valence-electron chi connectivity index (χ3n) is 5.55. The number of carbonyl (C=O) groups excluding carboxylic acids is 2. The van der Waals surface area contributed by atoms with Crippen molar-refractivity contribution in [1.29, 1.82) is 0 Å². The fraction of sp³-hybridized carbons (Fsp3) is 0.381. The number of amides is 2. The molecule has 0 spiro atoms. The van der Waals surface area contributed by atoms with Gasteiger partial charge in [0.15, 0.2) is 17.2 Å². The maximum absolute atomic E-state index is 14.3. The van der Waals surface area contributed by atoms with E-state index >= 15 is 0 Å². The fourth-order valence-electron chi connectivity index (χ4n) is 3.86. The average Bonchev–Trinajstić information content (AvgIpc) is 3.16. The molecule has 2 aromatic rings. The van der Waals surface area contributed by atoms with E-state index in [0.29, 0.717) is 11.8 Å². The third-order valence-corrected chi connectivity index (χ3v) is 5.55. The molecule has 1 saturated heterocycles. The van der Waals surface area contributed by atoms with Crippen molar-refractivity contribution >= 4 is 23.2 Å². The summed E-state index contributed by atoms with van der Waals surface area (Å²) in [7, 11) is 1.87. The number of rotatable bonds is 6. The third kappa shape index (κ3) is 4.47. The first-order valence-corrected chi connectivity index (χ1v) is 9.83. The van der Waals surface area contributed by atoms with Gasteiger partial charge >= 0.3 is 6.18 Å². The number of hydrogen-bond acceptors (Lipinski definition) is 6. The van der Waals surface area contributed by atoms with Crippen molar-refractivity contribution in [2.75, 3.05) is 31.0 Å². The number of methoxy groups -OCH3 is 2. The number of nitrogens with one attached hydrogen (secondary N) is 1. The minimum Gasteiger partial charge on any atom is -0.491 e. The van der Waals surface area contributed by atoms with Crippen molar-refractivity contribution in [3.8, 4) is 5.75 Å². The maximum atomic E-state index is 14.3. The summed E-state index contributed by atoms with van der Waals surface area (Å²) in [6, 6.07) is 2.74. The maximum Gasteiger partial charge on any atom is 0.419 e. The van der Waals surface area contributed by atoms with E-state index in [1.807, 2.05) is 0 Å². The van der Waals surface area contributed by atoms with Gasteiger partial charge in [-0.25, -0.2) is 9.37 Å². The highest BCUT2D eigenvalue weighted by Gasteiger charge is 2.63. The van der Waals surface area contributed by atoms with Gasteiger partial charge < -0.3 is 25.4 Å². The molecule has 3 N–H and O–H groups in total. The molecule has 2 atom stereocenters. The molecule has 1 aliphatic rings. The molecule has 2 unspecified atom stereocenters. The highest BCUT2D eigenvalue weighted by Crippen LogP contribution is 2.47. The Morgan fingerprint density at radius 1 is 1.24 bits per heavy atom. The van der Waals surface area contributed by atoms with Crippen molar-refractivity contribution in [3.63, 3.8) is 0 Å². The molecule has 1 aromatic carbocycles. The Bertz CT molecular complexity index is 1130. The molecule has 13 heteroatoms. The van der Waals surface area contributed by atoms with Gasteiger partial charge in [-0.1, -0.05) is 0 Å². The summed E-state index contributed by atoms with van der Waals surface area (Å²) in [6.07, 6.45) is -5.75. The van der Waals surface area contributed by atoms with Crippen molar-refractivity contribution in [2.45, 2.75) is 31.2 Å². The van der Waals surface area contributed by atoms with Crippen molar-refractivity contribution in [2.24, 2.45) is 5.73 Å². The number of ether oxygens (including phenoxy) is 2. The van der Waals surface area contributed by atoms with E-state index in [0.717, 1.165) is 31.3 Å². The lowest BCUT2D eigenvalue weighted by atomic mass is 9.99. The predicted molar refractivity (Wildman–Crippen MR) is 111 cm³/mol. The Labute approximate surface area is 190 Å². The minimum absolute atomic E-state index is 0.0606. The van der Waals surface area contributed by atoms with E-state index in [2.05, 4.69) is 10.3 Å². The van der Waals surface area contributed by atoms with Crippen LogP contribution in [0, 0.1) is 18.6 Å². The molecule has 1 aromatic heterocycles. The summed E-state index contributed by atoms with van der Waals surface area (Å²) >= 11 is 0. The van der Waals surface area contributed by atoms with Crippen LogP contribution < -0.4 is 20.7 Å². The summed E-state index contributed by atoms with van der Waals surface area (Å²) in [5.41, 5.74) is 2.38. The summed E-state index contributed by atoms with van der Waals surface area (Å²) in [5, 5.41) is 2.44. The molecule has 184 valence electrons. The first-order chi connectivity index (χ1) is 15.8. The molecular formula is C21H21F5N4O4. The first-order valence-electron chi connectivity index (χ1n) is 9.83. The van der Waals surface area contributed by atoms with E-state index < -0.39 is 60.0 Å². The van der Waals surface area contributed by atoms with Gasteiger partial charge in [-0.2, -0.15) is 17.6 Å². The van der Waals surface area contributed by atoms with E-state index in [1.54, 1.807) is 0 Å². The monoisotopic (exact) mass is 488 g/mol. The van der Waals surface area contributed by atoms with Crippen molar-refractivity contribution in [1.82, 2.24) is 4.98 Å². The van der Waals surface area contributed by atoms with Crippen LogP contribution in [0.15, 0.2) is 24.3 Å². The number of aryl methyl sites for hydroxylation is 1. The second kappa shape index (κ2) is 9.05. The second-order valence-corrected chi connectivity index (χ2v) is 7.69. The number of aromatic nitrogens is 1. The molecule has 2 heterocycles. The zero-order valence-corrected chi connectivity index (χ0v) is 18.3. The Morgan fingerprint density at radius 3 is 2.47 bits per heavy atom. The van der Waals surface area contributed by atoms with Gasteiger partial charge in [0.05, 0.1) is 19.3 Å². The van der Waals surface area contributed by atoms with Gasteiger partial charge in [-0.15, -0.1) is 0 Å². The van der Waals surface area contributed by atoms with Crippen molar-refractivity contribution < 1.29 is 41.0 Å². The smallest absolute Gasteiger partial charge is 0.419 e. The van der Waals surface area contributed by atoms with Gasteiger partial charge in [0, 0.05) is 24.9 Å². The van der Waals surface area contributed by atoms with Crippen LogP contribution >= 0.6 is 0 Å². The van der Waals surface area contributed by atoms with Crippen LogP contribution in [-0.4, -0.2) is 55.4 Å². The Balaban J connectivity index is 2.06. The number of hydrogen-bond donors (Lipinski definition) is 2. The zero-order valence-electron chi connectivity index (χ0n) is 18.3. The largest absolute Gasteiger partial charge is 0.491 e. The minimum atomic E-state index is -4.90. The SMILES string of the molecule is COc1c(N2CC(OC)(C(F)(F)F)CC2C(=O)Nc2cc(C)nc(C(N)=O)c2)ccc(F)c1F. The molecule has 0 saturated carbocycles. The molecular weight excluding hydrogens is 467 g/mol. The van der Waals surface area contributed by atoms with Crippen LogP contribution in [0.1, 0.15) is 22.6 Å². The average molecular weight is 488 g/mol. The topological polar surface area (TPSA) is 107 Å². The van der Waals surface area contributed by atoms with E-state index in [9.17, 15) is 31.5 Å². The zero-order chi connectivity index (χ0) is 25.4. The Morgan fingerprint density at radius 2 is 1.91 bits per heavy atom. The lowest BCUT2D eigenvalue weighted by Crippen LogP contribution is -2.49. The molecule has 3 rings (SSSR count). The number of primary amides is 1. The van der Waals surface area contributed by atoms with Crippen LogP contribution in [0.4, 0.5) is 33.3 Å². The van der Waals surface area contributed by atoms with E-state index in [1.165, 1.54) is 13.0 Å². The number of pyridine rings is 1. The van der Waals surface area contributed by atoms with Gasteiger partial charge in [0.1, 0.15) is 11.7 Å². The number of halogens is 5. The van der Waals surface area contributed by atoms with Crippen molar-refractivity contribution in [3.05, 3.63) is 47.3 Å². The first kappa shape index (κ1) is 25.1. The predicted octanol–water partition coefficient (Wildman–Crippen LogP) is 2.94. The van der Waals surface area contributed by atoms with Crippen LogP contribution in [0.5, 0.6) is 5.75 Å². The molecule has 0 aliphatic carbocycles. The standard InChI is InChI=1S/C21H21F5N4O4/c1-10-6-11(7-13(28-10)18(27)31)29-19(32)15-8-20(34-3,21(24,25)26)9-30(15)14-5-4-12(22)16(23)17(14)33-2/h4-7,15H,8-9H2,1-3H3,(H2,27,31)(H,28,29,32). The quantitative estimate of drug-likeness (QED) is 0.606. The van der Waals surface area contributed by atoms with Crippen LogP contribution in [0.25, 0.3) is 0 Å². The summed E-state index contributed by atoms with van der Waals surface area (Å²) in [5.74, 6) is -5.15. The molecule has 0 radical (unpaired) electrons. The lowest BCUT2D eigenvalue weighted by molar-refractivity contribution is -0.261. The molecule has 2 amide bonds. The normalized spacial score (nSPS) is 20.4. The molecule has 1 aliphatic heterocycles. The summed E-state index contributed by atoms with van der Waals surface area (Å²) in [4.78, 5) is 29.5. The van der Waals surface area contributed by atoms with Gasteiger partial charge in [0.2, 0.25) is 11.7 Å². The summed E-state index contributed by atoms with van der Waals surface area (Å²) < 4.78 is 79.7. The Kier molecular flexibility index (Phi) is 6.69. The summed E-state index contributed by atoms with van der Waals surface area (Å²) in [6.45, 7) is 0.629.